The fourth-order valence-electron chi connectivity index (χ4n) is 4.84. The van der Waals surface area contributed by atoms with Gasteiger partial charge in [-0.3, -0.25) is 14.6 Å². The minimum atomic E-state index is -1.09. The Morgan fingerprint density at radius 1 is 0.905 bits per heavy atom. The summed E-state index contributed by atoms with van der Waals surface area (Å²) in [6.07, 6.45) is 13.8. The van der Waals surface area contributed by atoms with Gasteiger partial charge in [0.25, 0.3) is 5.91 Å². The number of amides is 2. The average molecular weight is 592 g/mol. The van der Waals surface area contributed by atoms with E-state index in [2.05, 4.69) is 17.2 Å². The Morgan fingerprint density at radius 2 is 1.52 bits per heavy atom. The number of nitrogens with zero attached hydrogens (tertiary/aromatic N) is 1. The Kier molecular flexibility index (Phi) is 19.8. The summed E-state index contributed by atoms with van der Waals surface area (Å²) < 4.78 is 5.62. The number of hydrogen-bond donors (Lipinski definition) is 2. The maximum Gasteiger partial charge on any atom is 1.00 e. The van der Waals surface area contributed by atoms with Gasteiger partial charge in [-0.15, -0.1) is 0 Å². The average Bonchev–Trinajstić information content (AvgIpc) is 2.94. The maximum atomic E-state index is 13.1. The number of carbonyl (C=O) groups excluding carboxylic acids is 3. The Labute approximate surface area is 272 Å². The quantitative estimate of drug-likeness (QED) is 0.119. The van der Waals surface area contributed by atoms with E-state index in [-0.39, 0.29) is 60.8 Å². The standard InChI is InChI=1S/C32H47N3O6.Na/c1-2-3-4-5-6-7-8-9-10-11-12-17-26(22-29(33)36)41-32(40)28(19-15-20-30(37)38)35-31(39)25-21-24-16-13-14-18-27(24)34-23-25;/h13-14,16,18,21,23,26,28H,2-12,15,17,19-20,22H2,1H3,(H4,33,35,36,37,38,39);/q;+1/p-1/t26-,28-;/m0./s1. The third kappa shape index (κ3) is 15.7. The number of carboxylic acids is 1. The van der Waals surface area contributed by atoms with Crippen molar-refractivity contribution in [2.24, 2.45) is 0 Å². The first kappa shape index (κ1) is 37.5. The van der Waals surface area contributed by atoms with Crippen molar-refractivity contribution < 1.29 is 58.6 Å². The first-order chi connectivity index (χ1) is 19.8. The van der Waals surface area contributed by atoms with Crippen LogP contribution in [0.3, 0.4) is 0 Å². The number of pyridine rings is 1. The van der Waals surface area contributed by atoms with Crippen LogP contribution in [0, 0.1) is 0 Å². The molecule has 3 N–H and O–H groups in total. The molecule has 0 unspecified atom stereocenters. The number of rotatable bonds is 22. The molecule has 226 valence electrons. The molecule has 0 aliphatic rings. The molecule has 1 heterocycles. The minimum Gasteiger partial charge on any atom is -0.668 e. The van der Waals surface area contributed by atoms with E-state index in [1.807, 2.05) is 24.3 Å². The Hall–Kier alpha value is -2.49. The second kappa shape index (κ2) is 22.1. The zero-order valence-corrected chi connectivity index (χ0v) is 27.4. The van der Waals surface area contributed by atoms with Crippen molar-refractivity contribution in [2.75, 3.05) is 0 Å². The van der Waals surface area contributed by atoms with E-state index in [9.17, 15) is 19.2 Å². The molecule has 0 fully saturated rings. The van der Waals surface area contributed by atoms with E-state index in [1.165, 1.54) is 51.1 Å². The first-order valence-corrected chi connectivity index (χ1v) is 15.1. The van der Waals surface area contributed by atoms with E-state index in [4.69, 9.17) is 15.6 Å². The molecule has 0 aliphatic heterocycles. The van der Waals surface area contributed by atoms with Crippen molar-refractivity contribution in [3.05, 3.63) is 47.8 Å². The summed E-state index contributed by atoms with van der Waals surface area (Å²) in [7, 11) is 0. The summed E-state index contributed by atoms with van der Waals surface area (Å²) in [6, 6.07) is 7.92. The third-order valence-corrected chi connectivity index (χ3v) is 7.15. The van der Waals surface area contributed by atoms with Crippen LogP contribution < -0.4 is 34.9 Å². The number of para-hydroxylation sites is 1. The molecule has 2 amide bonds. The molecule has 0 radical (unpaired) electrons. The predicted octanol–water partition coefficient (Wildman–Crippen LogP) is 4.17. The van der Waals surface area contributed by atoms with E-state index < -0.39 is 35.9 Å². The normalized spacial score (nSPS) is 12.2. The Bertz CT molecular complexity index is 1110. The van der Waals surface area contributed by atoms with Crippen LogP contribution in [0.1, 0.15) is 120 Å². The molecule has 0 saturated carbocycles. The fraction of sp³-hybridized carbons (Fsp3) is 0.594. The zero-order chi connectivity index (χ0) is 29.9. The molecule has 1 aromatic carbocycles. The van der Waals surface area contributed by atoms with Crippen molar-refractivity contribution in [3.63, 3.8) is 0 Å². The Morgan fingerprint density at radius 3 is 2.14 bits per heavy atom. The van der Waals surface area contributed by atoms with Crippen molar-refractivity contribution in [1.82, 2.24) is 10.3 Å². The van der Waals surface area contributed by atoms with Crippen LogP contribution in [0.5, 0.6) is 0 Å². The van der Waals surface area contributed by atoms with E-state index in [0.717, 1.165) is 36.6 Å². The molecule has 42 heavy (non-hydrogen) atoms. The second-order valence-corrected chi connectivity index (χ2v) is 10.7. The number of carboxylic acid groups (broad SMARTS) is 1. The van der Waals surface area contributed by atoms with Gasteiger partial charge < -0.3 is 25.7 Å². The van der Waals surface area contributed by atoms with Gasteiger partial charge in [0.15, 0.2) is 0 Å². The molecular weight excluding hydrogens is 545 g/mol. The van der Waals surface area contributed by atoms with Crippen LogP contribution >= 0.6 is 0 Å². The Balaban J connectivity index is 0.00000882. The maximum absolute atomic E-state index is 13.1. The molecule has 10 heteroatoms. The predicted molar refractivity (Wildman–Crippen MR) is 159 cm³/mol. The summed E-state index contributed by atoms with van der Waals surface area (Å²) in [5.74, 6) is -3.08. The summed E-state index contributed by atoms with van der Waals surface area (Å²) in [6.45, 7) is 2.22. The zero-order valence-electron chi connectivity index (χ0n) is 25.4. The van der Waals surface area contributed by atoms with Gasteiger partial charge in [0, 0.05) is 24.4 Å². The van der Waals surface area contributed by atoms with Crippen molar-refractivity contribution >= 4 is 34.7 Å². The van der Waals surface area contributed by atoms with E-state index in [0.29, 0.717) is 6.42 Å². The molecule has 2 atom stereocenters. The van der Waals surface area contributed by atoms with Gasteiger partial charge in [-0.2, -0.15) is 0 Å². The van der Waals surface area contributed by atoms with Gasteiger partial charge in [-0.25, -0.2) is 4.79 Å². The monoisotopic (exact) mass is 591 g/mol. The van der Waals surface area contributed by atoms with Crippen LogP contribution in [-0.2, 0) is 19.1 Å². The molecular formula is C32H46N3NaO6. The number of aliphatic carboxylic acids is 1. The molecule has 0 spiro atoms. The van der Waals surface area contributed by atoms with Crippen LogP contribution in [0.25, 0.3) is 16.6 Å². The molecule has 0 bridgehead atoms. The minimum absolute atomic E-state index is 0. The van der Waals surface area contributed by atoms with Gasteiger partial charge in [-0.05, 0) is 37.8 Å². The number of nitrogens with one attached hydrogen (secondary N) is 2. The van der Waals surface area contributed by atoms with Gasteiger partial charge in [0.2, 0.25) is 0 Å². The number of esters is 1. The van der Waals surface area contributed by atoms with Gasteiger partial charge >= 0.3 is 41.5 Å². The second-order valence-electron chi connectivity index (χ2n) is 10.7. The van der Waals surface area contributed by atoms with Crippen LogP contribution in [0.15, 0.2) is 36.5 Å². The number of unbranched alkanes of at least 4 members (excludes halogenated alkanes) is 10. The van der Waals surface area contributed by atoms with Crippen LogP contribution in [-0.4, -0.2) is 46.0 Å². The number of carbonyl (C=O) groups is 4. The van der Waals surface area contributed by atoms with Crippen LogP contribution in [0.2, 0.25) is 0 Å². The topological polar surface area (TPSA) is 146 Å². The van der Waals surface area contributed by atoms with Gasteiger partial charge in [0.1, 0.15) is 12.1 Å². The van der Waals surface area contributed by atoms with Gasteiger partial charge in [0.05, 0.1) is 17.0 Å². The fourth-order valence-corrected chi connectivity index (χ4v) is 4.84. The molecule has 2 rings (SSSR count). The van der Waals surface area contributed by atoms with E-state index in [1.54, 1.807) is 6.07 Å². The van der Waals surface area contributed by atoms with Crippen molar-refractivity contribution in [1.29, 1.82) is 0 Å². The number of fused-ring (bicyclic) bond motifs is 1. The summed E-state index contributed by atoms with van der Waals surface area (Å²) in [5.41, 5.74) is 8.38. The molecule has 9 nitrogen and oxygen atoms in total. The van der Waals surface area contributed by atoms with Gasteiger partial charge in [-0.1, -0.05) is 89.3 Å². The number of ether oxygens (including phenoxy) is 1. The summed E-state index contributed by atoms with van der Waals surface area (Å²) >= 11 is 0. The number of hydrogen-bond acceptors (Lipinski definition) is 6. The smallest absolute Gasteiger partial charge is 0.668 e. The first-order valence-electron chi connectivity index (χ1n) is 15.1. The van der Waals surface area contributed by atoms with Crippen LogP contribution in [0.4, 0.5) is 0 Å². The molecule has 0 saturated heterocycles. The SMILES string of the molecule is CCCCCCCCCCCCC[C@@H](CC([NH-])=O)OC(=O)[C@H](CCCC(=O)O)NC(=O)c1cnc2ccccc2c1.[Na+]. The van der Waals surface area contributed by atoms with E-state index >= 15 is 0 Å². The number of aromatic nitrogens is 1. The molecule has 2 aromatic rings. The summed E-state index contributed by atoms with van der Waals surface area (Å²) in [4.78, 5) is 53.0. The van der Waals surface area contributed by atoms with Crippen molar-refractivity contribution in [2.45, 2.75) is 122 Å². The van der Waals surface area contributed by atoms with Crippen molar-refractivity contribution in [3.8, 4) is 0 Å². The largest absolute Gasteiger partial charge is 1.00 e. The molecule has 1 aromatic heterocycles. The molecule has 0 aliphatic carbocycles. The number of benzene rings is 1. The third-order valence-electron chi connectivity index (χ3n) is 7.15. The summed E-state index contributed by atoms with van der Waals surface area (Å²) in [5, 5.41) is 12.5.